The molecule has 2 aromatic rings. The maximum atomic E-state index is 3.65. The molecule has 0 bridgehead atoms. The quantitative estimate of drug-likeness (QED) is 0.881. The van der Waals surface area contributed by atoms with Crippen LogP contribution < -0.4 is 5.32 Å². The molecule has 0 saturated heterocycles. The number of anilines is 1. The zero-order chi connectivity index (χ0) is 12.7. The van der Waals surface area contributed by atoms with E-state index in [1.165, 1.54) is 22.4 Å². The predicted octanol–water partition coefficient (Wildman–Crippen LogP) is 3.04. The summed E-state index contributed by atoms with van der Waals surface area (Å²) in [6.07, 6.45) is 1.16. The van der Waals surface area contributed by atoms with Crippen LogP contribution >= 0.6 is 0 Å². The van der Waals surface area contributed by atoms with E-state index >= 15 is 0 Å². The highest BCUT2D eigenvalue weighted by atomic mass is 15.2. The van der Waals surface area contributed by atoms with Crippen molar-refractivity contribution in [2.45, 2.75) is 25.6 Å². The third kappa shape index (κ3) is 2.02. The first kappa shape index (κ1) is 11.1. The van der Waals surface area contributed by atoms with Crippen LogP contribution in [0.4, 0.5) is 5.69 Å². The second-order valence-electron chi connectivity index (χ2n) is 5.64. The number of benzene rings is 2. The lowest BCUT2D eigenvalue weighted by atomic mass is 10.1. The minimum atomic E-state index is 0.562. The van der Waals surface area contributed by atoms with Crippen LogP contribution in [0.5, 0.6) is 0 Å². The Hall–Kier alpha value is -1.80. The number of nitrogens with one attached hydrogen (secondary N) is 1. The summed E-state index contributed by atoms with van der Waals surface area (Å²) in [5.74, 6) is 0. The van der Waals surface area contributed by atoms with Gasteiger partial charge in [-0.25, -0.2) is 0 Å². The molecule has 0 aliphatic carbocycles. The molecule has 2 heterocycles. The molecule has 96 valence electrons. The number of fused-ring (bicyclic) bond motifs is 2. The Morgan fingerprint density at radius 1 is 0.895 bits per heavy atom. The molecular formula is C17H18N2. The van der Waals surface area contributed by atoms with Gasteiger partial charge >= 0.3 is 0 Å². The molecule has 2 nitrogen and oxygen atoms in total. The maximum absolute atomic E-state index is 3.65. The smallest absolute Gasteiger partial charge is 0.0429 e. The summed E-state index contributed by atoms with van der Waals surface area (Å²) in [5, 5.41) is 3.65. The van der Waals surface area contributed by atoms with Crippen molar-refractivity contribution in [1.82, 2.24) is 4.90 Å². The average molecular weight is 250 g/mol. The summed E-state index contributed by atoms with van der Waals surface area (Å²) >= 11 is 0. The number of para-hydroxylation sites is 1. The fourth-order valence-electron chi connectivity index (χ4n) is 3.33. The van der Waals surface area contributed by atoms with Gasteiger partial charge in [0.1, 0.15) is 0 Å². The molecule has 1 atom stereocenters. The van der Waals surface area contributed by atoms with E-state index in [1.807, 2.05) is 0 Å². The van der Waals surface area contributed by atoms with Crippen molar-refractivity contribution in [1.29, 1.82) is 0 Å². The molecule has 1 N–H and O–H groups in total. The summed E-state index contributed by atoms with van der Waals surface area (Å²) in [7, 11) is 0. The van der Waals surface area contributed by atoms with Gasteiger partial charge in [0.05, 0.1) is 0 Å². The SMILES string of the molecule is c1ccc2c(c1)CN(CC1Cc3ccccc3N1)C2. The van der Waals surface area contributed by atoms with Crippen LogP contribution in [0.1, 0.15) is 16.7 Å². The van der Waals surface area contributed by atoms with Crippen molar-refractivity contribution in [2.24, 2.45) is 0 Å². The Morgan fingerprint density at radius 3 is 2.21 bits per heavy atom. The number of nitrogens with zero attached hydrogens (tertiary/aromatic N) is 1. The van der Waals surface area contributed by atoms with E-state index in [-0.39, 0.29) is 0 Å². The van der Waals surface area contributed by atoms with Gasteiger partial charge in [-0.3, -0.25) is 4.90 Å². The van der Waals surface area contributed by atoms with Gasteiger partial charge in [0.25, 0.3) is 0 Å². The standard InChI is InChI=1S/C17H18N2/c1-2-7-15-11-19(10-14(15)6-1)12-16-9-13-5-3-4-8-17(13)18-16/h1-8,16,18H,9-12H2. The topological polar surface area (TPSA) is 15.3 Å². The second kappa shape index (κ2) is 4.39. The summed E-state index contributed by atoms with van der Waals surface area (Å²) in [6.45, 7) is 3.33. The molecule has 2 aromatic carbocycles. The molecule has 19 heavy (non-hydrogen) atoms. The third-order valence-electron chi connectivity index (χ3n) is 4.23. The number of hydrogen-bond acceptors (Lipinski definition) is 2. The van der Waals surface area contributed by atoms with E-state index in [1.54, 1.807) is 0 Å². The lowest BCUT2D eigenvalue weighted by molar-refractivity contribution is 0.272. The van der Waals surface area contributed by atoms with Gasteiger partial charge in [-0.1, -0.05) is 42.5 Å². The molecular weight excluding hydrogens is 232 g/mol. The van der Waals surface area contributed by atoms with Crippen molar-refractivity contribution in [3.8, 4) is 0 Å². The van der Waals surface area contributed by atoms with E-state index in [0.29, 0.717) is 6.04 Å². The van der Waals surface area contributed by atoms with Gasteiger partial charge in [0, 0.05) is 31.4 Å². The van der Waals surface area contributed by atoms with Crippen LogP contribution in [-0.4, -0.2) is 17.5 Å². The average Bonchev–Trinajstić information content (AvgIpc) is 3.00. The summed E-state index contributed by atoms with van der Waals surface area (Å²) in [5.41, 5.74) is 5.78. The first-order valence-corrected chi connectivity index (χ1v) is 7.02. The summed E-state index contributed by atoms with van der Waals surface area (Å²) in [4.78, 5) is 2.55. The Bertz CT molecular complexity index is 502. The predicted molar refractivity (Wildman–Crippen MR) is 78.1 cm³/mol. The van der Waals surface area contributed by atoms with Crippen molar-refractivity contribution in [3.63, 3.8) is 0 Å². The van der Waals surface area contributed by atoms with Crippen LogP contribution in [-0.2, 0) is 19.5 Å². The first-order valence-electron chi connectivity index (χ1n) is 7.02. The summed E-state index contributed by atoms with van der Waals surface area (Å²) in [6, 6.07) is 18.0. The molecule has 0 spiro atoms. The minimum Gasteiger partial charge on any atom is -0.380 e. The fourth-order valence-corrected chi connectivity index (χ4v) is 3.33. The van der Waals surface area contributed by atoms with Crippen LogP contribution in [0.25, 0.3) is 0 Å². The monoisotopic (exact) mass is 250 g/mol. The van der Waals surface area contributed by atoms with E-state index in [4.69, 9.17) is 0 Å². The van der Waals surface area contributed by atoms with Gasteiger partial charge in [-0.05, 0) is 29.2 Å². The fraction of sp³-hybridized carbons (Fsp3) is 0.294. The van der Waals surface area contributed by atoms with Gasteiger partial charge in [0.2, 0.25) is 0 Å². The Labute approximate surface area is 114 Å². The molecule has 2 aliphatic rings. The zero-order valence-corrected chi connectivity index (χ0v) is 11.0. The van der Waals surface area contributed by atoms with E-state index < -0.39 is 0 Å². The van der Waals surface area contributed by atoms with Gasteiger partial charge in [-0.2, -0.15) is 0 Å². The van der Waals surface area contributed by atoms with Crippen LogP contribution in [0, 0.1) is 0 Å². The molecule has 0 fully saturated rings. The largest absolute Gasteiger partial charge is 0.380 e. The molecule has 2 heteroatoms. The van der Waals surface area contributed by atoms with Gasteiger partial charge in [0.15, 0.2) is 0 Å². The number of rotatable bonds is 2. The summed E-state index contributed by atoms with van der Waals surface area (Å²) < 4.78 is 0. The van der Waals surface area contributed by atoms with Crippen molar-refractivity contribution in [2.75, 3.05) is 11.9 Å². The van der Waals surface area contributed by atoms with Crippen molar-refractivity contribution >= 4 is 5.69 Å². The maximum Gasteiger partial charge on any atom is 0.0429 e. The molecule has 1 unspecified atom stereocenters. The highest BCUT2D eigenvalue weighted by Gasteiger charge is 2.25. The Kier molecular flexibility index (Phi) is 2.56. The molecule has 2 aliphatic heterocycles. The van der Waals surface area contributed by atoms with E-state index in [2.05, 4.69) is 58.7 Å². The Balaban J connectivity index is 1.43. The highest BCUT2D eigenvalue weighted by Crippen LogP contribution is 2.28. The van der Waals surface area contributed by atoms with Gasteiger partial charge < -0.3 is 5.32 Å². The molecule has 4 rings (SSSR count). The highest BCUT2D eigenvalue weighted by molar-refractivity contribution is 5.56. The molecule has 0 radical (unpaired) electrons. The second-order valence-corrected chi connectivity index (χ2v) is 5.64. The number of hydrogen-bond donors (Lipinski definition) is 1. The van der Waals surface area contributed by atoms with E-state index in [0.717, 1.165) is 26.1 Å². The molecule has 0 amide bonds. The zero-order valence-electron chi connectivity index (χ0n) is 11.0. The van der Waals surface area contributed by atoms with Crippen LogP contribution in [0.2, 0.25) is 0 Å². The molecule has 0 saturated carbocycles. The molecule has 0 aromatic heterocycles. The van der Waals surface area contributed by atoms with Crippen LogP contribution in [0.3, 0.4) is 0 Å². The van der Waals surface area contributed by atoms with Gasteiger partial charge in [-0.15, -0.1) is 0 Å². The van der Waals surface area contributed by atoms with Crippen molar-refractivity contribution in [3.05, 3.63) is 65.2 Å². The lowest BCUT2D eigenvalue weighted by Gasteiger charge is -2.20. The van der Waals surface area contributed by atoms with Crippen LogP contribution in [0.15, 0.2) is 48.5 Å². The first-order chi connectivity index (χ1) is 9.38. The normalized spacial score (nSPS) is 20.9. The lowest BCUT2D eigenvalue weighted by Crippen LogP contribution is -2.32. The van der Waals surface area contributed by atoms with Crippen molar-refractivity contribution < 1.29 is 0 Å². The minimum absolute atomic E-state index is 0.562. The third-order valence-corrected chi connectivity index (χ3v) is 4.23. The Morgan fingerprint density at radius 2 is 1.53 bits per heavy atom. The van der Waals surface area contributed by atoms with E-state index in [9.17, 15) is 0 Å².